The van der Waals surface area contributed by atoms with Crippen molar-refractivity contribution >= 4 is 34.2 Å². The van der Waals surface area contributed by atoms with Crippen LogP contribution in [0.5, 0.6) is 0 Å². The van der Waals surface area contributed by atoms with Crippen LogP contribution >= 0.6 is 0 Å². The molecule has 6 rings (SSSR count). The monoisotopic (exact) mass is 468 g/mol. The van der Waals surface area contributed by atoms with Gasteiger partial charge in [-0.3, -0.25) is 14.5 Å². The Morgan fingerprint density at radius 1 is 1.17 bits per heavy atom. The fourth-order valence-electron chi connectivity index (χ4n) is 4.52. The van der Waals surface area contributed by atoms with Crippen LogP contribution in [0.3, 0.4) is 0 Å². The van der Waals surface area contributed by atoms with E-state index in [9.17, 15) is 4.79 Å². The predicted octanol–water partition coefficient (Wildman–Crippen LogP) is 2.83. The van der Waals surface area contributed by atoms with Crippen LogP contribution in [0.25, 0.3) is 22.0 Å². The van der Waals surface area contributed by atoms with Crippen molar-refractivity contribution in [1.29, 1.82) is 0 Å². The lowest BCUT2D eigenvalue weighted by molar-refractivity contribution is -0.117. The third-order valence-corrected chi connectivity index (χ3v) is 6.47. The Bertz CT molecular complexity index is 1510. The van der Waals surface area contributed by atoms with Gasteiger partial charge in [-0.25, -0.2) is 15.0 Å². The molecule has 3 N–H and O–H groups in total. The van der Waals surface area contributed by atoms with Gasteiger partial charge in [-0.15, -0.1) is 0 Å². The summed E-state index contributed by atoms with van der Waals surface area (Å²) >= 11 is 0. The van der Waals surface area contributed by atoms with Crippen molar-refractivity contribution < 1.29 is 9.53 Å². The zero-order chi connectivity index (χ0) is 24.1. The summed E-state index contributed by atoms with van der Waals surface area (Å²) in [6.07, 6.45) is 8.00. The highest BCUT2D eigenvalue weighted by atomic mass is 16.5. The molecule has 10 nitrogen and oxygen atoms in total. The second kappa shape index (κ2) is 8.15. The Kier molecular flexibility index (Phi) is 4.94. The van der Waals surface area contributed by atoms with E-state index in [0.29, 0.717) is 42.1 Å². The highest BCUT2D eigenvalue weighted by Crippen LogP contribution is 2.47. The summed E-state index contributed by atoms with van der Waals surface area (Å²) in [5, 5.41) is 8.72. The fraction of sp³-hybridized carbons (Fsp3) is 0.280. The maximum Gasteiger partial charge on any atom is 0.235 e. The summed E-state index contributed by atoms with van der Waals surface area (Å²) in [5.41, 5.74) is 10.6. The third-order valence-electron chi connectivity index (χ3n) is 6.47. The molecule has 0 aromatic carbocycles. The van der Waals surface area contributed by atoms with E-state index < -0.39 is 0 Å². The molecule has 4 aromatic heterocycles. The molecule has 0 bridgehead atoms. The molecule has 4 aromatic rings. The first kappa shape index (κ1) is 21.2. The quantitative estimate of drug-likeness (QED) is 0.460. The first-order chi connectivity index (χ1) is 17.0. The van der Waals surface area contributed by atoms with E-state index in [1.807, 2.05) is 44.6 Å². The van der Waals surface area contributed by atoms with E-state index in [4.69, 9.17) is 10.5 Å². The molecule has 0 radical (unpaired) electrons. The Morgan fingerprint density at radius 2 is 2.06 bits per heavy atom. The Labute approximate surface area is 201 Å². The number of fused-ring (bicyclic) bond motifs is 1. The maximum absolute atomic E-state index is 12.8. The zero-order valence-corrected chi connectivity index (χ0v) is 19.4. The first-order valence-corrected chi connectivity index (χ1v) is 11.5. The van der Waals surface area contributed by atoms with Crippen molar-refractivity contribution in [2.75, 3.05) is 24.2 Å². The number of carbonyl (C=O) groups is 1. The van der Waals surface area contributed by atoms with Crippen LogP contribution in [-0.4, -0.2) is 49.7 Å². The number of nitrogen functional groups attached to an aromatic ring is 1. The topological polar surface area (TPSA) is 133 Å². The van der Waals surface area contributed by atoms with Gasteiger partial charge in [0.2, 0.25) is 11.8 Å². The number of aryl methyl sites for hydroxylation is 2. The number of nitrogens with two attached hydrogens (primary N) is 1. The Balaban J connectivity index is 1.25. The normalized spacial score (nSPS) is 18.9. The minimum Gasteiger partial charge on any atom is -0.474 e. The summed E-state index contributed by atoms with van der Waals surface area (Å²) in [7, 11) is 1.87. The summed E-state index contributed by atoms with van der Waals surface area (Å²) in [6.45, 7) is 3.22. The number of hydrogen-bond donors (Lipinski definition) is 2. The number of nitrogens with one attached hydrogen (secondary N) is 1. The lowest BCUT2D eigenvalue weighted by Gasteiger charge is -2.11. The molecule has 35 heavy (non-hydrogen) atoms. The summed E-state index contributed by atoms with van der Waals surface area (Å²) in [5.74, 6) is 1.51. The number of aliphatic imine (C=N–C) groups is 1. The molecule has 1 aliphatic carbocycles. The standard InChI is InChI=1S/C25H24N8O2/c1-13-5-21(25-27-3-4-35-25)28-10-18(13)20-6-14-7-22(29-11-19(14)23(26)31-20)32-24(34)17-8-16(17)15-9-30-33(2)12-15/h5-7,9-12,16-17H,3-4,8H2,1-2H3,(H2,26,31)(H,29,32,34)/t16-,17+/m0/s1. The fourth-order valence-corrected chi connectivity index (χ4v) is 4.52. The largest absolute Gasteiger partial charge is 0.474 e. The molecule has 0 saturated heterocycles. The van der Waals surface area contributed by atoms with Crippen LogP contribution in [0.1, 0.15) is 29.2 Å². The molecule has 0 unspecified atom stereocenters. The van der Waals surface area contributed by atoms with Gasteiger partial charge in [0.1, 0.15) is 23.9 Å². The van der Waals surface area contributed by atoms with Crippen LogP contribution in [-0.2, 0) is 16.6 Å². The van der Waals surface area contributed by atoms with E-state index in [1.165, 1.54) is 0 Å². The van der Waals surface area contributed by atoms with Gasteiger partial charge in [-0.1, -0.05) is 0 Å². The number of rotatable bonds is 5. The van der Waals surface area contributed by atoms with Crippen molar-refractivity contribution in [3.05, 3.63) is 59.8 Å². The van der Waals surface area contributed by atoms with Gasteiger partial charge in [0.25, 0.3) is 0 Å². The molecular weight excluding hydrogens is 444 g/mol. The number of ether oxygens (including phenoxy) is 1. The first-order valence-electron chi connectivity index (χ1n) is 11.5. The highest BCUT2D eigenvalue weighted by molar-refractivity contribution is 5.99. The molecular formula is C25H24N8O2. The molecule has 0 spiro atoms. The minimum atomic E-state index is -0.0737. The van der Waals surface area contributed by atoms with Crippen LogP contribution in [0.15, 0.2) is 48.0 Å². The average molecular weight is 469 g/mol. The number of hydrogen-bond acceptors (Lipinski definition) is 8. The summed E-state index contributed by atoms with van der Waals surface area (Å²) in [4.78, 5) is 30.6. The zero-order valence-electron chi connectivity index (χ0n) is 19.4. The molecule has 2 atom stereocenters. The molecule has 1 saturated carbocycles. The molecule has 2 aliphatic rings. The van der Waals surface area contributed by atoms with Crippen molar-refractivity contribution in [2.45, 2.75) is 19.3 Å². The predicted molar refractivity (Wildman–Crippen MR) is 132 cm³/mol. The van der Waals surface area contributed by atoms with Crippen molar-refractivity contribution in [2.24, 2.45) is 18.0 Å². The van der Waals surface area contributed by atoms with Crippen LogP contribution in [0.4, 0.5) is 11.6 Å². The van der Waals surface area contributed by atoms with E-state index in [2.05, 4.69) is 30.4 Å². The van der Waals surface area contributed by atoms with E-state index in [0.717, 1.165) is 33.9 Å². The lowest BCUT2D eigenvalue weighted by atomic mass is 10.0. The van der Waals surface area contributed by atoms with Gasteiger partial charge in [-0.2, -0.15) is 5.10 Å². The highest BCUT2D eigenvalue weighted by Gasteiger charge is 2.44. The van der Waals surface area contributed by atoms with E-state index in [1.54, 1.807) is 17.1 Å². The van der Waals surface area contributed by atoms with Gasteiger partial charge in [0.05, 0.1) is 18.4 Å². The minimum absolute atomic E-state index is 0.0411. The molecule has 1 aliphatic heterocycles. The third kappa shape index (κ3) is 3.96. The van der Waals surface area contributed by atoms with Crippen molar-refractivity contribution in [1.82, 2.24) is 24.7 Å². The van der Waals surface area contributed by atoms with Crippen molar-refractivity contribution in [3.63, 3.8) is 0 Å². The molecule has 5 heterocycles. The van der Waals surface area contributed by atoms with Crippen LogP contribution in [0.2, 0.25) is 0 Å². The van der Waals surface area contributed by atoms with Crippen LogP contribution < -0.4 is 11.1 Å². The van der Waals surface area contributed by atoms with E-state index >= 15 is 0 Å². The Hall–Kier alpha value is -4.34. The molecule has 1 fully saturated rings. The number of anilines is 2. The smallest absolute Gasteiger partial charge is 0.235 e. The van der Waals surface area contributed by atoms with Gasteiger partial charge in [0, 0.05) is 42.5 Å². The summed E-state index contributed by atoms with van der Waals surface area (Å²) in [6, 6.07) is 5.70. The number of amides is 1. The van der Waals surface area contributed by atoms with Gasteiger partial charge < -0.3 is 15.8 Å². The van der Waals surface area contributed by atoms with E-state index in [-0.39, 0.29) is 17.7 Å². The molecule has 176 valence electrons. The molecule has 10 heteroatoms. The number of pyridine rings is 3. The SMILES string of the molecule is Cc1cc(C2=NCCO2)ncc1-c1cc2cc(NC(=O)[C@@H]3C[C@H]3c3cnn(C)c3)ncc2c(N)n1. The second-order valence-corrected chi connectivity index (χ2v) is 8.99. The second-order valence-electron chi connectivity index (χ2n) is 8.99. The number of aromatic nitrogens is 5. The lowest BCUT2D eigenvalue weighted by Crippen LogP contribution is -2.15. The summed E-state index contributed by atoms with van der Waals surface area (Å²) < 4.78 is 7.28. The maximum atomic E-state index is 12.8. The van der Waals surface area contributed by atoms with Crippen LogP contribution in [0, 0.1) is 12.8 Å². The number of carbonyl (C=O) groups excluding carboxylic acids is 1. The van der Waals surface area contributed by atoms with Crippen molar-refractivity contribution in [3.8, 4) is 11.3 Å². The number of nitrogens with zero attached hydrogens (tertiary/aromatic N) is 6. The molecule has 1 amide bonds. The van der Waals surface area contributed by atoms with Gasteiger partial charge in [-0.05, 0) is 54.0 Å². The average Bonchev–Trinajstić information content (AvgIpc) is 3.22. The Morgan fingerprint density at radius 3 is 2.80 bits per heavy atom. The van der Waals surface area contributed by atoms with Gasteiger partial charge >= 0.3 is 0 Å². The van der Waals surface area contributed by atoms with Gasteiger partial charge in [0.15, 0.2) is 0 Å².